The van der Waals surface area contributed by atoms with E-state index in [2.05, 4.69) is 59.2 Å². The van der Waals surface area contributed by atoms with Gasteiger partial charge in [-0.3, -0.25) is 0 Å². The van der Waals surface area contributed by atoms with Crippen LogP contribution in [0, 0.1) is 0 Å². The van der Waals surface area contributed by atoms with Gasteiger partial charge in [0.05, 0.1) is 0 Å². The van der Waals surface area contributed by atoms with Gasteiger partial charge < -0.3 is 10.6 Å². The molecule has 4 nitrogen and oxygen atoms in total. The summed E-state index contributed by atoms with van der Waals surface area (Å²) in [5.74, 6) is 0. The fourth-order valence-corrected chi connectivity index (χ4v) is 3.66. The van der Waals surface area contributed by atoms with E-state index in [9.17, 15) is 0 Å². The van der Waals surface area contributed by atoms with Crippen molar-refractivity contribution in [3.05, 3.63) is 83.9 Å². The van der Waals surface area contributed by atoms with Crippen LogP contribution in [-0.4, -0.2) is 32.6 Å². The van der Waals surface area contributed by atoms with Crippen LogP contribution in [-0.2, 0) is 0 Å². The normalized spacial score (nSPS) is 22.2. The lowest BCUT2D eigenvalue weighted by molar-refractivity contribution is 0.152. The highest BCUT2D eigenvalue weighted by Crippen LogP contribution is 2.23. The highest BCUT2D eigenvalue weighted by molar-refractivity contribution is 7.80. The average Bonchev–Trinajstić information content (AvgIpc) is 3.18. The Labute approximate surface area is 163 Å². The van der Waals surface area contributed by atoms with Gasteiger partial charge in [-0.2, -0.15) is 0 Å². The molecule has 2 aromatic carbocycles. The second-order valence-electron chi connectivity index (χ2n) is 6.02. The molecule has 0 aromatic heterocycles. The van der Waals surface area contributed by atoms with E-state index in [1.54, 1.807) is 0 Å². The van der Waals surface area contributed by atoms with Gasteiger partial charge in [0.1, 0.15) is 12.3 Å². The van der Waals surface area contributed by atoms with E-state index < -0.39 is 0 Å². The van der Waals surface area contributed by atoms with Gasteiger partial charge >= 0.3 is 0 Å². The lowest BCUT2D eigenvalue weighted by Gasteiger charge is -2.23. The zero-order chi connectivity index (χ0) is 17.9. The van der Waals surface area contributed by atoms with Gasteiger partial charge in [0, 0.05) is 0 Å². The summed E-state index contributed by atoms with van der Waals surface area (Å²) in [6.07, 6.45) is 8.08. The van der Waals surface area contributed by atoms with E-state index in [4.69, 9.17) is 24.4 Å². The van der Waals surface area contributed by atoms with Crippen molar-refractivity contribution in [1.29, 1.82) is 0 Å². The van der Waals surface area contributed by atoms with E-state index >= 15 is 0 Å². The van der Waals surface area contributed by atoms with Crippen molar-refractivity contribution in [2.45, 2.75) is 12.3 Å². The molecule has 2 unspecified atom stereocenters. The van der Waals surface area contributed by atoms with Crippen molar-refractivity contribution in [3.63, 3.8) is 0 Å². The number of fused-ring (bicyclic) bond motifs is 1. The third kappa shape index (κ3) is 3.34. The van der Waals surface area contributed by atoms with E-state index in [0.717, 1.165) is 11.1 Å². The number of benzene rings is 2. The second kappa shape index (κ2) is 7.27. The summed E-state index contributed by atoms with van der Waals surface area (Å²) < 4.78 is 0. The highest BCUT2D eigenvalue weighted by atomic mass is 32.1. The predicted molar refractivity (Wildman–Crippen MR) is 114 cm³/mol. The molecule has 26 heavy (non-hydrogen) atoms. The van der Waals surface area contributed by atoms with Crippen LogP contribution in [0.5, 0.6) is 0 Å². The lowest BCUT2D eigenvalue weighted by atomic mass is 10.2. The van der Waals surface area contributed by atoms with Crippen LogP contribution in [0.4, 0.5) is 0 Å². The molecule has 2 atom stereocenters. The highest BCUT2D eigenvalue weighted by Gasteiger charge is 2.44. The first kappa shape index (κ1) is 16.8. The van der Waals surface area contributed by atoms with E-state index in [1.165, 1.54) is 0 Å². The summed E-state index contributed by atoms with van der Waals surface area (Å²) in [6, 6.07) is 20.3. The van der Waals surface area contributed by atoms with Crippen molar-refractivity contribution in [3.8, 4) is 0 Å². The lowest BCUT2D eigenvalue weighted by Crippen LogP contribution is -2.40. The van der Waals surface area contributed by atoms with Gasteiger partial charge in [-0.05, 0) is 47.7 Å². The molecule has 0 bridgehead atoms. The molecule has 2 aliphatic rings. The van der Waals surface area contributed by atoms with Crippen molar-refractivity contribution in [2.75, 3.05) is 0 Å². The Hall–Kier alpha value is -2.70. The topological polar surface area (TPSA) is 30.5 Å². The molecule has 0 spiro atoms. The molecule has 0 saturated carbocycles. The molecule has 6 heteroatoms. The van der Waals surface area contributed by atoms with Crippen LogP contribution < -0.4 is 10.6 Å². The van der Waals surface area contributed by atoms with Gasteiger partial charge in [-0.25, -0.2) is 10.0 Å². The number of thiocarbonyl (C=S) groups is 2. The summed E-state index contributed by atoms with van der Waals surface area (Å²) in [5.41, 5.74) is 2.27. The molecular formula is C20H18N4S2. The Morgan fingerprint density at radius 2 is 1.04 bits per heavy atom. The smallest absolute Gasteiger partial charge is 0.192 e. The minimum atomic E-state index is -0.0992. The maximum absolute atomic E-state index is 5.53. The van der Waals surface area contributed by atoms with Gasteiger partial charge in [0.25, 0.3) is 0 Å². The van der Waals surface area contributed by atoms with Crippen molar-refractivity contribution in [1.82, 2.24) is 20.7 Å². The predicted octanol–water partition coefficient (Wildman–Crippen LogP) is 3.36. The maximum Gasteiger partial charge on any atom is 0.192 e. The molecule has 0 aliphatic carbocycles. The molecule has 2 N–H and O–H groups in total. The molecule has 2 fully saturated rings. The van der Waals surface area contributed by atoms with Crippen molar-refractivity contribution >= 4 is 46.8 Å². The van der Waals surface area contributed by atoms with Crippen LogP contribution in [0.2, 0.25) is 0 Å². The monoisotopic (exact) mass is 378 g/mol. The number of rotatable bonds is 4. The van der Waals surface area contributed by atoms with Crippen molar-refractivity contribution in [2.24, 2.45) is 0 Å². The van der Waals surface area contributed by atoms with Crippen LogP contribution in [0.3, 0.4) is 0 Å². The zero-order valence-electron chi connectivity index (χ0n) is 13.9. The minimum absolute atomic E-state index is 0.0992. The van der Waals surface area contributed by atoms with E-state index in [-0.39, 0.29) is 12.3 Å². The maximum atomic E-state index is 5.53. The molecule has 4 rings (SSSR count). The quantitative estimate of drug-likeness (QED) is 0.794. The number of nitrogens with zero attached hydrogens (tertiary/aromatic N) is 2. The van der Waals surface area contributed by atoms with Crippen LogP contribution in [0.1, 0.15) is 11.1 Å². The molecular weight excluding hydrogens is 360 g/mol. The van der Waals surface area contributed by atoms with Gasteiger partial charge in [-0.1, -0.05) is 72.8 Å². The Morgan fingerprint density at radius 3 is 1.42 bits per heavy atom. The van der Waals surface area contributed by atoms with Crippen molar-refractivity contribution < 1.29 is 0 Å². The average molecular weight is 379 g/mol. The number of nitrogens with one attached hydrogen (secondary N) is 2. The third-order valence-electron chi connectivity index (χ3n) is 4.26. The Morgan fingerprint density at radius 1 is 0.654 bits per heavy atom. The van der Waals surface area contributed by atoms with Crippen LogP contribution in [0.25, 0.3) is 12.2 Å². The molecule has 0 amide bonds. The molecule has 2 aromatic rings. The summed E-state index contributed by atoms with van der Waals surface area (Å²) in [6.45, 7) is 0. The Bertz CT molecular complexity index is 790. The molecule has 130 valence electrons. The minimum Gasteiger partial charge on any atom is -0.336 e. The number of hydrogen-bond donors (Lipinski definition) is 2. The summed E-state index contributed by atoms with van der Waals surface area (Å²) in [7, 11) is 0. The first-order valence-corrected chi connectivity index (χ1v) is 9.20. The van der Waals surface area contributed by atoms with Gasteiger partial charge in [0.2, 0.25) is 0 Å². The SMILES string of the molecule is S=C1NC(/C=C/c2ccccc2)N2C(=S)NC(/C=C/c3ccccc3)N12. The number of hydrogen-bond acceptors (Lipinski definition) is 2. The first-order valence-electron chi connectivity index (χ1n) is 8.38. The summed E-state index contributed by atoms with van der Waals surface area (Å²) >= 11 is 11.1. The van der Waals surface area contributed by atoms with Gasteiger partial charge in [0.15, 0.2) is 10.2 Å². The zero-order valence-corrected chi connectivity index (χ0v) is 15.6. The second-order valence-corrected chi connectivity index (χ2v) is 6.79. The molecule has 0 radical (unpaired) electrons. The third-order valence-corrected chi connectivity index (χ3v) is 4.87. The largest absolute Gasteiger partial charge is 0.336 e. The van der Waals surface area contributed by atoms with E-state index in [0.29, 0.717) is 10.2 Å². The fraction of sp³-hybridized carbons (Fsp3) is 0.100. The molecule has 2 heterocycles. The molecule has 2 aliphatic heterocycles. The summed E-state index contributed by atoms with van der Waals surface area (Å²) in [5, 5.41) is 11.9. The van der Waals surface area contributed by atoms with Gasteiger partial charge in [-0.15, -0.1) is 0 Å². The first-order chi connectivity index (χ1) is 12.7. The Kier molecular flexibility index (Phi) is 4.69. The fourth-order valence-electron chi connectivity index (χ4n) is 3.02. The van der Waals surface area contributed by atoms with E-state index in [1.807, 2.05) is 46.4 Å². The molecule has 2 saturated heterocycles. The standard InChI is InChI=1S/C20H18N4S2/c25-19-21-17(13-11-15-7-3-1-4-8-15)23-20(26)22-18(24(19)23)14-12-16-9-5-2-6-10-16/h1-14,17-18H,(H,21,25)(H,22,26)/b13-11+,14-12+. The summed E-state index contributed by atoms with van der Waals surface area (Å²) in [4.78, 5) is 0. The van der Waals surface area contributed by atoms with Crippen LogP contribution in [0.15, 0.2) is 72.8 Å². The van der Waals surface area contributed by atoms with Crippen LogP contribution >= 0.6 is 24.4 Å². The Balaban J connectivity index is 1.52. The number of hydrazine groups is 1.